The molecular weight excluding hydrogens is 160 g/mol. The molecule has 1 atom stereocenters. The predicted octanol–water partition coefficient (Wildman–Crippen LogP) is -1.08. The monoisotopic (exact) mass is 170 g/mol. The van der Waals surface area contributed by atoms with Crippen molar-refractivity contribution in [3.05, 3.63) is 0 Å². The van der Waals surface area contributed by atoms with Crippen molar-refractivity contribution >= 4 is 18.3 Å². The van der Waals surface area contributed by atoms with Crippen molar-refractivity contribution in [2.45, 2.75) is 19.0 Å². The number of hydrogen-bond acceptors (Lipinski definition) is 3. The Morgan fingerprint density at radius 1 is 1.92 bits per heavy atom. The van der Waals surface area contributed by atoms with Crippen LogP contribution < -0.4 is 16.4 Å². The Morgan fingerprint density at radius 2 is 2.58 bits per heavy atom. The zero-order valence-electron chi connectivity index (χ0n) is 6.63. The minimum Gasteiger partial charge on any atom is -0.352 e. The lowest BCUT2D eigenvalue weighted by atomic mass is 10.1. The first-order valence-corrected chi connectivity index (χ1v) is 3.42. The Labute approximate surface area is 69.2 Å². The second-order valence-electron chi connectivity index (χ2n) is 2.77. The fourth-order valence-electron chi connectivity index (χ4n) is 0.998. The highest BCUT2D eigenvalue weighted by molar-refractivity contribution is 5.91. The lowest BCUT2D eigenvalue weighted by molar-refractivity contribution is -0.121. The molecule has 1 aliphatic heterocycles. The Balaban J connectivity index is 2.70. The van der Waals surface area contributed by atoms with E-state index in [0.717, 1.165) is 0 Å². The van der Waals surface area contributed by atoms with E-state index in [2.05, 4.69) is 15.6 Å². The largest absolute Gasteiger partial charge is 0.352 e. The minimum atomic E-state index is -0.895. The van der Waals surface area contributed by atoms with Crippen LogP contribution in [0.2, 0.25) is 0 Å². The average molecular weight is 170 g/mol. The molecule has 0 bridgehead atoms. The number of amides is 3. The third-order valence-corrected chi connectivity index (χ3v) is 1.47. The molecule has 3 amide bonds. The summed E-state index contributed by atoms with van der Waals surface area (Å²) in [6.45, 7) is 1.62. The highest BCUT2D eigenvalue weighted by Crippen LogP contribution is 2.12. The predicted molar refractivity (Wildman–Crippen MR) is 42.4 cm³/mol. The summed E-state index contributed by atoms with van der Waals surface area (Å²) in [5, 5.41) is 4.76. The van der Waals surface area contributed by atoms with E-state index < -0.39 is 11.7 Å². The molecule has 0 aliphatic carbocycles. The van der Waals surface area contributed by atoms with Gasteiger partial charge >= 0.3 is 6.03 Å². The third-order valence-electron chi connectivity index (χ3n) is 1.47. The summed E-state index contributed by atoms with van der Waals surface area (Å²) in [4.78, 5) is 25.2. The molecule has 66 valence electrons. The molecule has 0 fully saturated rings. The number of rotatable bonds is 1. The molecule has 1 heterocycles. The van der Waals surface area contributed by atoms with E-state index in [1.165, 1.54) is 6.34 Å². The van der Waals surface area contributed by atoms with Crippen LogP contribution in [0, 0.1) is 0 Å². The van der Waals surface area contributed by atoms with Crippen molar-refractivity contribution in [1.82, 2.24) is 10.6 Å². The van der Waals surface area contributed by atoms with Gasteiger partial charge in [-0.1, -0.05) is 0 Å². The number of urea groups is 1. The van der Waals surface area contributed by atoms with Gasteiger partial charge in [-0.05, 0) is 6.92 Å². The van der Waals surface area contributed by atoms with Crippen LogP contribution in [0.25, 0.3) is 0 Å². The van der Waals surface area contributed by atoms with Crippen molar-refractivity contribution in [3.63, 3.8) is 0 Å². The molecule has 4 N–H and O–H groups in total. The van der Waals surface area contributed by atoms with Crippen molar-refractivity contribution in [3.8, 4) is 0 Å². The number of carbonyl (C=O) groups is 2. The van der Waals surface area contributed by atoms with Crippen LogP contribution in [0.4, 0.5) is 4.79 Å². The van der Waals surface area contributed by atoms with Crippen LogP contribution in [-0.4, -0.2) is 23.9 Å². The lowest BCUT2D eigenvalue weighted by Crippen LogP contribution is -2.52. The molecular formula is C6H10N4O2. The van der Waals surface area contributed by atoms with E-state index in [-0.39, 0.29) is 12.3 Å². The Morgan fingerprint density at radius 3 is 3.08 bits per heavy atom. The van der Waals surface area contributed by atoms with E-state index in [9.17, 15) is 9.59 Å². The molecule has 0 saturated carbocycles. The Hall–Kier alpha value is -1.59. The van der Waals surface area contributed by atoms with Gasteiger partial charge in [0.1, 0.15) is 5.66 Å². The first-order valence-electron chi connectivity index (χ1n) is 3.42. The van der Waals surface area contributed by atoms with Gasteiger partial charge in [0.2, 0.25) is 5.91 Å². The van der Waals surface area contributed by atoms with Crippen LogP contribution in [0.5, 0.6) is 0 Å². The Kier molecular flexibility index (Phi) is 1.99. The summed E-state index contributed by atoms with van der Waals surface area (Å²) < 4.78 is 0. The number of nitrogens with one attached hydrogen (secondary N) is 2. The van der Waals surface area contributed by atoms with Crippen LogP contribution in [0.15, 0.2) is 4.99 Å². The molecule has 12 heavy (non-hydrogen) atoms. The van der Waals surface area contributed by atoms with E-state index in [1.54, 1.807) is 6.92 Å². The summed E-state index contributed by atoms with van der Waals surface area (Å²) >= 11 is 0. The van der Waals surface area contributed by atoms with Gasteiger partial charge in [-0.3, -0.25) is 4.79 Å². The number of primary amides is 1. The highest BCUT2D eigenvalue weighted by atomic mass is 16.2. The van der Waals surface area contributed by atoms with E-state index in [4.69, 9.17) is 5.73 Å². The summed E-state index contributed by atoms with van der Waals surface area (Å²) in [6, 6.07) is -0.690. The molecule has 6 heteroatoms. The molecule has 0 radical (unpaired) electrons. The average Bonchev–Trinajstić information content (AvgIpc) is 1.82. The van der Waals surface area contributed by atoms with Crippen LogP contribution in [0.1, 0.15) is 13.3 Å². The number of aliphatic imine (C=N–C) groups is 1. The normalized spacial score (nSPS) is 27.9. The molecule has 0 spiro atoms. The maximum absolute atomic E-state index is 10.9. The minimum absolute atomic E-state index is 0.104. The first-order chi connectivity index (χ1) is 5.52. The molecule has 1 aliphatic rings. The van der Waals surface area contributed by atoms with Crippen molar-refractivity contribution < 1.29 is 9.59 Å². The van der Waals surface area contributed by atoms with Crippen LogP contribution in [-0.2, 0) is 4.79 Å². The number of hydrogen-bond donors (Lipinski definition) is 3. The van der Waals surface area contributed by atoms with E-state index >= 15 is 0 Å². The maximum atomic E-state index is 10.9. The van der Waals surface area contributed by atoms with Gasteiger partial charge < -0.3 is 16.4 Å². The SMILES string of the molecule is CC1(NC(N)=O)CC(=O)NC=N1. The van der Waals surface area contributed by atoms with Crippen molar-refractivity contribution in [1.29, 1.82) is 0 Å². The zero-order chi connectivity index (χ0) is 9.19. The summed E-state index contributed by atoms with van der Waals surface area (Å²) in [7, 11) is 0. The van der Waals surface area contributed by atoms with E-state index in [0.29, 0.717) is 0 Å². The number of nitrogens with zero attached hydrogens (tertiary/aromatic N) is 1. The Bertz CT molecular complexity index is 250. The van der Waals surface area contributed by atoms with Gasteiger partial charge in [0, 0.05) is 0 Å². The molecule has 0 saturated heterocycles. The summed E-state index contributed by atoms with van der Waals surface area (Å²) in [5.41, 5.74) is 4.00. The standard InChI is InChI=1S/C6H10N4O2/c1-6(10-5(7)12)2-4(11)8-3-9-6/h3H,2H2,1H3,(H3,7,10,12)(H,8,9,11). The maximum Gasteiger partial charge on any atom is 0.314 e. The third kappa shape index (κ3) is 1.94. The number of carbonyl (C=O) groups excluding carboxylic acids is 2. The van der Waals surface area contributed by atoms with Crippen molar-refractivity contribution in [2.24, 2.45) is 10.7 Å². The van der Waals surface area contributed by atoms with E-state index in [1.807, 2.05) is 0 Å². The molecule has 1 rings (SSSR count). The smallest absolute Gasteiger partial charge is 0.314 e. The summed E-state index contributed by atoms with van der Waals surface area (Å²) in [6.07, 6.45) is 1.36. The van der Waals surface area contributed by atoms with Gasteiger partial charge in [0.15, 0.2) is 0 Å². The fraction of sp³-hybridized carbons (Fsp3) is 0.500. The topological polar surface area (TPSA) is 96.6 Å². The van der Waals surface area contributed by atoms with Gasteiger partial charge in [-0.15, -0.1) is 0 Å². The quantitative estimate of drug-likeness (QED) is 0.466. The van der Waals surface area contributed by atoms with Gasteiger partial charge in [0.05, 0.1) is 12.8 Å². The number of nitrogens with two attached hydrogens (primary N) is 1. The summed E-state index contributed by atoms with van der Waals surface area (Å²) in [5.74, 6) is -0.193. The molecule has 6 nitrogen and oxygen atoms in total. The highest BCUT2D eigenvalue weighted by Gasteiger charge is 2.29. The second kappa shape index (κ2) is 2.80. The molecule has 0 aromatic carbocycles. The molecule has 0 aromatic heterocycles. The van der Waals surface area contributed by atoms with Crippen molar-refractivity contribution in [2.75, 3.05) is 0 Å². The zero-order valence-corrected chi connectivity index (χ0v) is 6.63. The van der Waals surface area contributed by atoms with Crippen LogP contribution in [0.3, 0.4) is 0 Å². The van der Waals surface area contributed by atoms with Gasteiger partial charge in [-0.2, -0.15) is 0 Å². The lowest BCUT2D eigenvalue weighted by Gasteiger charge is -2.27. The molecule has 0 aromatic rings. The van der Waals surface area contributed by atoms with Gasteiger partial charge in [-0.25, -0.2) is 9.79 Å². The van der Waals surface area contributed by atoms with Crippen LogP contribution >= 0.6 is 0 Å². The first kappa shape index (κ1) is 8.51. The second-order valence-corrected chi connectivity index (χ2v) is 2.77. The fourth-order valence-corrected chi connectivity index (χ4v) is 0.998. The molecule has 1 unspecified atom stereocenters. The van der Waals surface area contributed by atoms with Gasteiger partial charge in [0.25, 0.3) is 0 Å².